The summed E-state index contributed by atoms with van der Waals surface area (Å²) >= 11 is 1.51. The summed E-state index contributed by atoms with van der Waals surface area (Å²) in [6.45, 7) is 0. The summed E-state index contributed by atoms with van der Waals surface area (Å²) in [5.74, 6) is 0.843. The van der Waals surface area contributed by atoms with Crippen LogP contribution in [0.4, 0.5) is 11.5 Å². The van der Waals surface area contributed by atoms with Crippen LogP contribution in [0.3, 0.4) is 0 Å². The molecule has 2 N–H and O–H groups in total. The molecule has 3 heterocycles. The molecule has 0 bridgehead atoms. The first-order valence-electron chi connectivity index (χ1n) is 7.89. The summed E-state index contributed by atoms with van der Waals surface area (Å²) in [7, 11) is 0. The van der Waals surface area contributed by atoms with E-state index in [1.165, 1.54) is 11.5 Å². The van der Waals surface area contributed by atoms with Crippen molar-refractivity contribution in [2.45, 2.75) is 0 Å². The van der Waals surface area contributed by atoms with E-state index < -0.39 is 0 Å². The topological polar surface area (TPSA) is 66.5 Å². The highest BCUT2D eigenvalue weighted by Crippen LogP contribution is 2.33. The molecule has 6 heteroatoms. The number of hydrogen-bond acceptors (Lipinski definition) is 5. The van der Waals surface area contributed by atoms with Crippen LogP contribution in [0.2, 0.25) is 0 Å². The lowest BCUT2D eigenvalue weighted by molar-refractivity contribution is 1.10. The summed E-state index contributed by atoms with van der Waals surface area (Å²) < 4.78 is 5.78. The number of pyridine rings is 1. The van der Waals surface area contributed by atoms with Gasteiger partial charge in [-0.1, -0.05) is 30.3 Å². The molecule has 0 radical (unpaired) electrons. The fourth-order valence-corrected chi connectivity index (χ4v) is 3.75. The largest absolute Gasteiger partial charge is 0.340 e. The molecule has 0 saturated heterocycles. The first kappa shape index (κ1) is 14.1. The molecule has 0 unspecified atom stereocenters. The molecule has 2 aromatic carbocycles. The van der Waals surface area contributed by atoms with Crippen molar-refractivity contribution >= 4 is 44.2 Å². The number of rotatable bonds is 3. The number of H-pyrrole nitrogens is 1. The first-order chi connectivity index (χ1) is 12.4. The molecule has 5 aromatic rings. The van der Waals surface area contributed by atoms with Crippen molar-refractivity contribution in [2.75, 3.05) is 5.32 Å². The van der Waals surface area contributed by atoms with Crippen molar-refractivity contribution < 1.29 is 0 Å². The number of nitrogens with zero attached hydrogens (tertiary/aromatic N) is 3. The van der Waals surface area contributed by atoms with Gasteiger partial charge in [0.25, 0.3) is 0 Å². The minimum Gasteiger partial charge on any atom is -0.340 e. The van der Waals surface area contributed by atoms with Gasteiger partial charge in [0, 0.05) is 22.8 Å². The van der Waals surface area contributed by atoms with Crippen molar-refractivity contribution in [3.63, 3.8) is 0 Å². The second-order valence-electron chi connectivity index (χ2n) is 5.71. The molecule has 0 aliphatic rings. The summed E-state index contributed by atoms with van der Waals surface area (Å²) in [5.41, 5.74) is 3.86. The summed E-state index contributed by atoms with van der Waals surface area (Å²) in [6.07, 6.45) is 1.74. The van der Waals surface area contributed by atoms with Crippen LogP contribution >= 0.6 is 11.5 Å². The van der Waals surface area contributed by atoms with Gasteiger partial charge in [0.05, 0.1) is 15.8 Å². The number of anilines is 2. The van der Waals surface area contributed by atoms with Gasteiger partial charge in [0.2, 0.25) is 0 Å². The fraction of sp³-hybridized carbons (Fsp3) is 0. The second kappa shape index (κ2) is 5.68. The normalized spacial score (nSPS) is 11.2. The zero-order valence-electron chi connectivity index (χ0n) is 13.1. The Morgan fingerprint density at radius 1 is 0.920 bits per heavy atom. The average Bonchev–Trinajstić information content (AvgIpc) is 3.27. The van der Waals surface area contributed by atoms with E-state index in [2.05, 4.69) is 55.2 Å². The lowest BCUT2D eigenvalue weighted by atomic mass is 10.1. The van der Waals surface area contributed by atoms with Gasteiger partial charge >= 0.3 is 0 Å². The molecule has 0 aliphatic carbocycles. The lowest BCUT2D eigenvalue weighted by Gasteiger charge is -2.04. The molecule has 3 aromatic heterocycles. The number of fused-ring (bicyclic) bond motifs is 2. The van der Waals surface area contributed by atoms with Crippen LogP contribution in [0.5, 0.6) is 0 Å². The quantitative estimate of drug-likeness (QED) is 0.485. The summed E-state index contributed by atoms with van der Waals surface area (Å²) in [6, 6.07) is 20.4. The Kier molecular flexibility index (Phi) is 3.21. The maximum Gasteiger partial charge on any atom is 0.183 e. The Labute approximate surface area is 147 Å². The summed E-state index contributed by atoms with van der Waals surface area (Å²) in [5, 5.41) is 12.7. The summed E-state index contributed by atoms with van der Waals surface area (Å²) in [4.78, 5) is 4.24. The first-order valence-corrected chi connectivity index (χ1v) is 8.67. The molecule has 0 spiro atoms. The second-order valence-corrected chi connectivity index (χ2v) is 6.51. The molecule has 0 fully saturated rings. The Hall–Kier alpha value is -3.25. The highest BCUT2D eigenvalue weighted by atomic mass is 32.1. The Morgan fingerprint density at radius 2 is 1.84 bits per heavy atom. The predicted octanol–water partition coefficient (Wildman–Crippen LogP) is 4.98. The van der Waals surface area contributed by atoms with Crippen LogP contribution in [-0.4, -0.2) is 19.6 Å². The van der Waals surface area contributed by atoms with E-state index in [1.54, 1.807) is 6.20 Å². The molecule has 0 saturated carbocycles. The van der Waals surface area contributed by atoms with Gasteiger partial charge in [-0.25, -0.2) is 4.98 Å². The molecular weight excluding hydrogens is 330 g/mol. The van der Waals surface area contributed by atoms with Crippen LogP contribution in [0.15, 0.2) is 66.9 Å². The molecule has 5 nitrogen and oxygen atoms in total. The van der Waals surface area contributed by atoms with Gasteiger partial charge < -0.3 is 5.32 Å². The van der Waals surface area contributed by atoms with Crippen LogP contribution < -0.4 is 5.32 Å². The maximum atomic E-state index is 4.64. The van der Waals surface area contributed by atoms with Crippen LogP contribution in [0, 0.1) is 0 Å². The number of hydrogen-bond donors (Lipinski definition) is 2. The third kappa shape index (κ3) is 2.43. The van der Waals surface area contributed by atoms with E-state index in [1.807, 2.05) is 30.3 Å². The van der Waals surface area contributed by atoms with Crippen LogP contribution in [0.25, 0.3) is 32.4 Å². The van der Waals surface area contributed by atoms with E-state index in [0.29, 0.717) is 5.65 Å². The third-order valence-corrected chi connectivity index (χ3v) is 4.93. The van der Waals surface area contributed by atoms with E-state index in [9.17, 15) is 0 Å². The van der Waals surface area contributed by atoms with Gasteiger partial charge in [-0.2, -0.15) is 9.47 Å². The van der Waals surface area contributed by atoms with Crippen LogP contribution in [0.1, 0.15) is 0 Å². The Bertz CT molecular complexity index is 1180. The van der Waals surface area contributed by atoms with Crippen molar-refractivity contribution in [1.82, 2.24) is 19.6 Å². The molecule has 0 amide bonds. The van der Waals surface area contributed by atoms with E-state index in [-0.39, 0.29) is 0 Å². The van der Waals surface area contributed by atoms with Gasteiger partial charge in [-0.15, -0.1) is 0 Å². The highest BCUT2D eigenvalue weighted by Gasteiger charge is 2.10. The van der Waals surface area contributed by atoms with E-state index in [4.69, 9.17) is 0 Å². The van der Waals surface area contributed by atoms with Crippen LogP contribution in [-0.2, 0) is 0 Å². The highest BCUT2D eigenvalue weighted by molar-refractivity contribution is 7.13. The monoisotopic (exact) mass is 343 g/mol. The maximum absolute atomic E-state index is 4.64. The average molecular weight is 343 g/mol. The van der Waals surface area contributed by atoms with E-state index in [0.717, 1.165) is 38.2 Å². The third-order valence-electron chi connectivity index (χ3n) is 4.12. The number of nitrogens with one attached hydrogen (secondary N) is 2. The fourth-order valence-electron chi connectivity index (χ4n) is 2.91. The minimum absolute atomic E-state index is 0.704. The SMILES string of the molecule is c1ccc(-c2nsc3cc(Nc4[nH]nc5ncccc45)ccc23)cc1. The molecule has 25 heavy (non-hydrogen) atoms. The molecule has 120 valence electrons. The van der Waals surface area contributed by atoms with Crippen molar-refractivity contribution in [3.8, 4) is 11.3 Å². The predicted molar refractivity (Wildman–Crippen MR) is 102 cm³/mol. The molecule has 0 atom stereocenters. The zero-order valence-corrected chi connectivity index (χ0v) is 13.9. The molecule has 5 rings (SSSR count). The van der Waals surface area contributed by atoms with Crippen molar-refractivity contribution in [2.24, 2.45) is 0 Å². The smallest absolute Gasteiger partial charge is 0.183 e. The van der Waals surface area contributed by atoms with Gasteiger partial charge in [0.15, 0.2) is 5.65 Å². The lowest BCUT2D eigenvalue weighted by Crippen LogP contribution is -1.90. The van der Waals surface area contributed by atoms with Crippen molar-refractivity contribution in [1.29, 1.82) is 0 Å². The molecule has 0 aliphatic heterocycles. The van der Waals surface area contributed by atoms with Gasteiger partial charge in [-0.3, -0.25) is 5.10 Å². The number of aromatic amines is 1. The number of aromatic nitrogens is 4. The Morgan fingerprint density at radius 3 is 2.76 bits per heavy atom. The minimum atomic E-state index is 0.704. The standard InChI is InChI=1S/C19H13N5S/c1-2-5-12(6-3-1)17-14-9-8-13(11-16(14)25-24-17)21-19-15-7-4-10-20-18(15)22-23-19/h1-11H,(H2,20,21,22,23). The number of benzene rings is 2. The van der Waals surface area contributed by atoms with E-state index >= 15 is 0 Å². The van der Waals surface area contributed by atoms with Gasteiger partial charge in [-0.05, 0) is 41.9 Å². The zero-order chi connectivity index (χ0) is 16.6. The Balaban J connectivity index is 1.53. The van der Waals surface area contributed by atoms with Crippen molar-refractivity contribution in [3.05, 3.63) is 66.9 Å². The molecular formula is C19H13N5S. The van der Waals surface area contributed by atoms with Gasteiger partial charge in [0.1, 0.15) is 5.82 Å².